The zero-order chi connectivity index (χ0) is 20.7. The molecule has 0 radical (unpaired) electrons. The molecule has 30 heavy (non-hydrogen) atoms. The molecule has 158 valence electrons. The Kier molecular flexibility index (Phi) is 4.94. The number of amides is 2. The molecule has 4 heterocycles. The van der Waals surface area contributed by atoms with Crippen LogP contribution in [0.4, 0.5) is 0 Å². The summed E-state index contributed by atoms with van der Waals surface area (Å²) in [6, 6.07) is 7.67. The van der Waals surface area contributed by atoms with E-state index in [1.807, 2.05) is 34.0 Å². The second kappa shape index (κ2) is 7.75. The lowest BCUT2D eigenvalue weighted by Gasteiger charge is -2.38. The topological polar surface area (TPSA) is 79.7 Å². The van der Waals surface area contributed by atoms with Crippen molar-refractivity contribution in [3.05, 3.63) is 47.8 Å². The normalized spacial score (nSPS) is 25.6. The van der Waals surface area contributed by atoms with E-state index in [1.165, 1.54) is 0 Å². The SMILES string of the molecule is COc1ccc(CN[C@H]2C[C@H]3C(=O)N4CCC[C@H]4C(=O)N3C2)cc1Cn1cccn1. The summed E-state index contributed by atoms with van der Waals surface area (Å²) in [5.74, 6) is 1.10. The molecule has 2 amide bonds. The standard InChI is InChI=1S/C22H27N5O3/c1-30-20-6-5-15(10-16(20)13-25-8-3-7-24-25)12-23-17-11-19-22(29)26-9-2-4-18(26)21(28)27(19)14-17/h3,5-8,10,17-19,23H,2,4,9,11-14H2,1H3/t17-,18-,19-/m0/s1. The number of ether oxygens (including phenoxy) is 1. The van der Waals surface area contributed by atoms with Gasteiger partial charge in [0.05, 0.1) is 13.7 Å². The van der Waals surface area contributed by atoms with Crippen LogP contribution in [0.15, 0.2) is 36.7 Å². The van der Waals surface area contributed by atoms with Gasteiger partial charge in [-0.1, -0.05) is 6.07 Å². The van der Waals surface area contributed by atoms with E-state index in [-0.39, 0.29) is 29.9 Å². The molecule has 0 saturated carbocycles. The summed E-state index contributed by atoms with van der Waals surface area (Å²) < 4.78 is 7.37. The van der Waals surface area contributed by atoms with Gasteiger partial charge in [0.2, 0.25) is 11.8 Å². The zero-order valence-corrected chi connectivity index (χ0v) is 17.2. The Bertz CT molecular complexity index is 914. The van der Waals surface area contributed by atoms with E-state index in [2.05, 4.69) is 16.5 Å². The van der Waals surface area contributed by atoms with Gasteiger partial charge in [0.15, 0.2) is 0 Å². The maximum absolute atomic E-state index is 12.8. The average Bonchev–Trinajstić information content (AvgIpc) is 3.51. The van der Waals surface area contributed by atoms with Crippen LogP contribution in [-0.2, 0) is 22.7 Å². The lowest BCUT2D eigenvalue weighted by atomic mass is 10.1. The number of piperazine rings is 1. The highest BCUT2D eigenvalue weighted by molar-refractivity contribution is 5.98. The van der Waals surface area contributed by atoms with Crippen molar-refractivity contribution in [2.75, 3.05) is 20.2 Å². The predicted molar refractivity (Wildman–Crippen MR) is 110 cm³/mol. The molecule has 3 fully saturated rings. The first-order valence-corrected chi connectivity index (χ1v) is 10.6. The summed E-state index contributed by atoms with van der Waals surface area (Å²) in [5.41, 5.74) is 2.21. The first kappa shape index (κ1) is 19.1. The van der Waals surface area contributed by atoms with Gasteiger partial charge in [-0.15, -0.1) is 0 Å². The molecule has 1 N–H and O–H groups in total. The van der Waals surface area contributed by atoms with Gasteiger partial charge in [-0.25, -0.2) is 0 Å². The molecule has 3 atom stereocenters. The van der Waals surface area contributed by atoms with E-state index in [9.17, 15) is 9.59 Å². The van der Waals surface area contributed by atoms with Gasteiger partial charge < -0.3 is 19.9 Å². The third-order valence-corrected chi connectivity index (χ3v) is 6.52. The molecule has 1 aromatic carbocycles. The van der Waals surface area contributed by atoms with Crippen molar-refractivity contribution in [2.45, 2.75) is 50.5 Å². The Balaban J connectivity index is 1.25. The molecule has 3 aliphatic heterocycles. The second-order valence-electron chi connectivity index (χ2n) is 8.36. The van der Waals surface area contributed by atoms with Gasteiger partial charge in [-0.2, -0.15) is 5.10 Å². The Hall–Kier alpha value is -2.87. The van der Waals surface area contributed by atoms with Crippen molar-refractivity contribution < 1.29 is 14.3 Å². The van der Waals surface area contributed by atoms with E-state index in [1.54, 1.807) is 18.2 Å². The van der Waals surface area contributed by atoms with Gasteiger partial charge in [-0.3, -0.25) is 14.3 Å². The molecule has 8 nitrogen and oxygen atoms in total. The number of nitrogens with zero attached hydrogens (tertiary/aromatic N) is 4. The van der Waals surface area contributed by atoms with Gasteiger partial charge in [0.1, 0.15) is 17.8 Å². The molecule has 2 aromatic rings. The zero-order valence-electron chi connectivity index (χ0n) is 17.2. The summed E-state index contributed by atoms with van der Waals surface area (Å²) in [5, 5.41) is 7.83. The van der Waals surface area contributed by atoms with Crippen LogP contribution in [0.1, 0.15) is 30.4 Å². The highest BCUT2D eigenvalue weighted by Gasteiger charge is 2.51. The minimum Gasteiger partial charge on any atom is -0.496 e. The summed E-state index contributed by atoms with van der Waals surface area (Å²) in [6.07, 6.45) is 6.11. The van der Waals surface area contributed by atoms with Crippen LogP contribution in [0.5, 0.6) is 5.75 Å². The largest absolute Gasteiger partial charge is 0.496 e. The van der Waals surface area contributed by atoms with E-state index in [0.717, 1.165) is 36.3 Å². The number of methoxy groups -OCH3 is 1. The van der Waals surface area contributed by atoms with Crippen LogP contribution in [0, 0.1) is 0 Å². The van der Waals surface area contributed by atoms with Crippen LogP contribution in [0.3, 0.4) is 0 Å². The fraction of sp³-hybridized carbons (Fsp3) is 0.500. The number of hydrogen-bond donors (Lipinski definition) is 1. The molecule has 8 heteroatoms. The van der Waals surface area contributed by atoms with E-state index < -0.39 is 0 Å². The predicted octanol–water partition coefficient (Wildman–Crippen LogP) is 1.00. The Labute approximate surface area is 175 Å². The molecule has 3 saturated heterocycles. The van der Waals surface area contributed by atoms with E-state index in [0.29, 0.717) is 26.1 Å². The van der Waals surface area contributed by atoms with Gasteiger partial charge >= 0.3 is 0 Å². The van der Waals surface area contributed by atoms with Crippen molar-refractivity contribution in [3.63, 3.8) is 0 Å². The number of nitrogens with one attached hydrogen (secondary N) is 1. The quantitative estimate of drug-likeness (QED) is 0.770. The minimum absolute atomic E-state index is 0.125. The molecular weight excluding hydrogens is 382 g/mol. The average molecular weight is 409 g/mol. The van der Waals surface area contributed by atoms with Crippen molar-refractivity contribution in [1.29, 1.82) is 0 Å². The number of benzene rings is 1. The smallest absolute Gasteiger partial charge is 0.246 e. The first-order valence-electron chi connectivity index (χ1n) is 10.6. The highest BCUT2D eigenvalue weighted by atomic mass is 16.5. The Morgan fingerprint density at radius 3 is 2.87 bits per heavy atom. The number of carbonyl (C=O) groups excluding carboxylic acids is 2. The molecule has 3 aliphatic rings. The third-order valence-electron chi connectivity index (χ3n) is 6.52. The van der Waals surface area contributed by atoms with Crippen LogP contribution in [-0.4, -0.2) is 69.7 Å². The van der Waals surface area contributed by atoms with Gasteiger partial charge in [0.25, 0.3) is 0 Å². The van der Waals surface area contributed by atoms with Crippen LogP contribution in [0.2, 0.25) is 0 Å². The molecule has 0 spiro atoms. The first-order chi connectivity index (χ1) is 14.6. The van der Waals surface area contributed by atoms with E-state index >= 15 is 0 Å². The minimum atomic E-state index is -0.296. The van der Waals surface area contributed by atoms with Gasteiger partial charge in [-0.05, 0) is 43.0 Å². The number of carbonyl (C=O) groups is 2. The number of aromatic nitrogens is 2. The lowest BCUT2D eigenvalue weighted by Crippen LogP contribution is -2.60. The van der Waals surface area contributed by atoms with Gasteiger partial charge in [0, 0.05) is 43.6 Å². The molecule has 0 bridgehead atoms. The lowest BCUT2D eigenvalue weighted by molar-refractivity contribution is -0.156. The molecular formula is C22H27N5O3. The summed E-state index contributed by atoms with van der Waals surface area (Å²) in [7, 11) is 1.67. The second-order valence-corrected chi connectivity index (χ2v) is 8.36. The van der Waals surface area contributed by atoms with Crippen molar-refractivity contribution in [3.8, 4) is 5.75 Å². The third kappa shape index (κ3) is 3.35. The van der Waals surface area contributed by atoms with Crippen molar-refractivity contribution in [2.24, 2.45) is 0 Å². The molecule has 5 rings (SSSR count). The van der Waals surface area contributed by atoms with Crippen LogP contribution >= 0.6 is 0 Å². The summed E-state index contributed by atoms with van der Waals surface area (Å²) in [6.45, 7) is 2.65. The summed E-state index contributed by atoms with van der Waals surface area (Å²) >= 11 is 0. The van der Waals surface area contributed by atoms with Crippen LogP contribution in [0.25, 0.3) is 0 Å². The highest BCUT2D eigenvalue weighted by Crippen LogP contribution is 2.32. The summed E-state index contributed by atoms with van der Waals surface area (Å²) in [4.78, 5) is 29.2. The van der Waals surface area contributed by atoms with Crippen LogP contribution < -0.4 is 10.1 Å². The number of hydrogen-bond acceptors (Lipinski definition) is 5. The molecule has 0 unspecified atom stereocenters. The Morgan fingerprint density at radius 2 is 2.07 bits per heavy atom. The fourth-order valence-electron chi connectivity index (χ4n) is 5.03. The number of rotatable bonds is 6. The maximum atomic E-state index is 12.8. The fourth-order valence-corrected chi connectivity index (χ4v) is 5.03. The Morgan fingerprint density at radius 1 is 1.20 bits per heavy atom. The monoisotopic (exact) mass is 409 g/mol. The van der Waals surface area contributed by atoms with E-state index in [4.69, 9.17) is 4.74 Å². The molecule has 1 aromatic heterocycles. The molecule has 0 aliphatic carbocycles. The number of fused-ring (bicyclic) bond motifs is 2. The van der Waals surface area contributed by atoms with Crippen molar-refractivity contribution >= 4 is 11.8 Å². The van der Waals surface area contributed by atoms with Crippen molar-refractivity contribution in [1.82, 2.24) is 24.9 Å². The maximum Gasteiger partial charge on any atom is 0.246 e.